The quantitative estimate of drug-likeness (QED) is 0.917. The lowest BCUT2D eigenvalue weighted by Crippen LogP contribution is -2.43. The maximum absolute atomic E-state index is 5.79. The van der Waals surface area contributed by atoms with Gasteiger partial charge >= 0.3 is 0 Å². The van der Waals surface area contributed by atoms with E-state index in [9.17, 15) is 0 Å². The summed E-state index contributed by atoms with van der Waals surface area (Å²) in [5.41, 5.74) is 1.26. The molecule has 0 amide bonds. The van der Waals surface area contributed by atoms with E-state index in [1.54, 1.807) is 7.11 Å². The predicted molar refractivity (Wildman–Crippen MR) is 88.5 cm³/mol. The fraction of sp³-hybridized carbons (Fsp3) is 0.647. The van der Waals surface area contributed by atoms with E-state index in [0.717, 1.165) is 29.8 Å². The molecule has 1 saturated carbocycles. The zero-order chi connectivity index (χ0) is 14.7. The summed E-state index contributed by atoms with van der Waals surface area (Å²) in [6, 6.07) is 7.15. The standard InChI is InChI=1S/C17H25NO2S/c1-19-12-7-8-16-13(11-12)14(9-10-20-16)18-15-5-3-4-6-17(15)21-2/h7-8,11,14-15,17-18H,3-6,9-10H2,1-2H3. The molecule has 2 aliphatic rings. The van der Waals surface area contributed by atoms with E-state index >= 15 is 0 Å². The lowest BCUT2D eigenvalue weighted by atomic mass is 9.92. The first-order valence-corrected chi connectivity index (χ1v) is 9.20. The smallest absolute Gasteiger partial charge is 0.124 e. The molecule has 3 unspecified atom stereocenters. The topological polar surface area (TPSA) is 30.5 Å². The number of benzene rings is 1. The van der Waals surface area contributed by atoms with Gasteiger partial charge in [0, 0.05) is 29.3 Å². The van der Waals surface area contributed by atoms with E-state index in [2.05, 4.69) is 17.6 Å². The third kappa shape index (κ3) is 3.32. The Labute approximate surface area is 131 Å². The average molecular weight is 307 g/mol. The number of nitrogens with one attached hydrogen (secondary N) is 1. The van der Waals surface area contributed by atoms with Gasteiger partial charge in [-0.05, 0) is 37.3 Å². The van der Waals surface area contributed by atoms with Gasteiger partial charge < -0.3 is 14.8 Å². The maximum Gasteiger partial charge on any atom is 0.124 e. The Bertz CT molecular complexity index is 480. The van der Waals surface area contributed by atoms with E-state index in [-0.39, 0.29) is 0 Å². The maximum atomic E-state index is 5.79. The molecule has 1 heterocycles. The van der Waals surface area contributed by atoms with Crippen LogP contribution >= 0.6 is 11.8 Å². The van der Waals surface area contributed by atoms with Crippen molar-refractivity contribution in [3.8, 4) is 11.5 Å². The zero-order valence-corrected chi connectivity index (χ0v) is 13.7. The number of fused-ring (bicyclic) bond motifs is 1. The molecular weight excluding hydrogens is 282 g/mol. The number of methoxy groups -OCH3 is 1. The fourth-order valence-corrected chi connectivity index (χ4v) is 4.45. The Hall–Kier alpha value is -0.870. The Morgan fingerprint density at radius 2 is 2.10 bits per heavy atom. The highest BCUT2D eigenvalue weighted by Gasteiger charge is 2.29. The van der Waals surface area contributed by atoms with Gasteiger partial charge in [-0.3, -0.25) is 0 Å². The minimum absolute atomic E-state index is 0.390. The van der Waals surface area contributed by atoms with Crippen LogP contribution in [-0.2, 0) is 0 Å². The van der Waals surface area contributed by atoms with Crippen LogP contribution in [0.25, 0.3) is 0 Å². The molecule has 1 aliphatic heterocycles. The van der Waals surface area contributed by atoms with Crippen LogP contribution in [0, 0.1) is 0 Å². The number of rotatable bonds is 4. The van der Waals surface area contributed by atoms with Crippen molar-refractivity contribution in [2.75, 3.05) is 20.0 Å². The molecule has 0 aromatic heterocycles. The Morgan fingerprint density at radius 1 is 1.24 bits per heavy atom. The molecule has 3 nitrogen and oxygen atoms in total. The summed E-state index contributed by atoms with van der Waals surface area (Å²) in [5.74, 6) is 1.92. The molecule has 1 aromatic carbocycles. The molecule has 3 rings (SSSR count). The second-order valence-corrected chi connectivity index (χ2v) is 7.00. The first-order chi connectivity index (χ1) is 10.3. The van der Waals surface area contributed by atoms with Gasteiger partial charge in [-0.25, -0.2) is 0 Å². The Balaban J connectivity index is 1.77. The summed E-state index contributed by atoms with van der Waals surface area (Å²) in [4.78, 5) is 0. The summed E-state index contributed by atoms with van der Waals surface area (Å²) in [7, 11) is 1.72. The van der Waals surface area contributed by atoms with Crippen LogP contribution in [0.2, 0.25) is 0 Å². The van der Waals surface area contributed by atoms with Crippen LogP contribution < -0.4 is 14.8 Å². The minimum Gasteiger partial charge on any atom is -0.497 e. The van der Waals surface area contributed by atoms with Crippen molar-refractivity contribution < 1.29 is 9.47 Å². The fourth-order valence-electron chi connectivity index (χ4n) is 3.50. The molecule has 0 spiro atoms. The number of hydrogen-bond donors (Lipinski definition) is 1. The van der Waals surface area contributed by atoms with Crippen molar-refractivity contribution in [2.24, 2.45) is 0 Å². The van der Waals surface area contributed by atoms with Crippen LogP contribution in [0.15, 0.2) is 18.2 Å². The van der Waals surface area contributed by atoms with Crippen LogP contribution in [0.5, 0.6) is 11.5 Å². The number of ether oxygens (including phenoxy) is 2. The molecule has 1 aromatic rings. The highest BCUT2D eigenvalue weighted by molar-refractivity contribution is 7.99. The van der Waals surface area contributed by atoms with Crippen LogP contribution in [0.3, 0.4) is 0 Å². The summed E-state index contributed by atoms with van der Waals surface area (Å²) >= 11 is 2.01. The highest BCUT2D eigenvalue weighted by atomic mass is 32.2. The Kier molecular flexibility index (Phi) is 4.96. The van der Waals surface area contributed by atoms with E-state index in [1.807, 2.05) is 23.9 Å². The summed E-state index contributed by atoms with van der Waals surface area (Å²) in [6.45, 7) is 0.799. The molecule has 4 heteroatoms. The van der Waals surface area contributed by atoms with E-state index < -0.39 is 0 Å². The normalized spacial score (nSPS) is 28.6. The van der Waals surface area contributed by atoms with Gasteiger partial charge in [0.15, 0.2) is 0 Å². The van der Waals surface area contributed by atoms with Crippen molar-refractivity contribution in [1.82, 2.24) is 5.32 Å². The first-order valence-electron chi connectivity index (χ1n) is 7.91. The third-order valence-corrected chi connectivity index (χ3v) is 5.85. The molecule has 1 N–H and O–H groups in total. The van der Waals surface area contributed by atoms with Gasteiger partial charge in [0.05, 0.1) is 13.7 Å². The van der Waals surface area contributed by atoms with Gasteiger partial charge in [-0.1, -0.05) is 12.8 Å². The summed E-state index contributed by atoms with van der Waals surface area (Å²) in [6.07, 6.45) is 8.64. The van der Waals surface area contributed by atoms with E-state index in [0.29, 0.717) is 12.1 Å². The summed E-state index contributed by atoms with van der Waals surface area (Å²) < 4.78 is 11.2. The van der Waals surface area contributed by atoms with Gasteiger partial charge in [0.1, 0.15) is 11.5 Å². The van der Waals surface area contributed by atoms with Crippen molar-refractivity contribution in [3.05, 3.63) is 23.8 Å². The molecule has 0 bridgehead atoms. The monoisotopic (exact) mass is 307 g/mol. The van der Waals surface area contributed by atoms with Crippen LogP contribution in [-0.4, -0.2) is 31.3 Å². The SMILES string of the molecule is COc1ccc2c(c1)C(NC1CCCCC1SC)CCO2. The van der Waals surface area contributed by atoms with Crippen molar-refractivity contribution in [3.63, 3.8) is 0 Å². The second-order valence-electron chi connectivity index (χ2n) is 5.93. The minimum atomic E-state index is 0.390. The first kappa shape index (κ1) is 15.0. The molecule has 21 heavy (non-hydrogen) atoms. The average Bonchev–Trinajstić information content (AvgIpc) is 2.55. The molecule has 0 saturated heterocycles. The molecule has 1 aliphatic carbocycles. The van der Waals surface area contributed by atoms with Crippen molar-refractivity contribution in [1.29, 1.82) is 0 Å². The van der Waals surface area contributed by atoms with Gasteiger partial charge in [-0.15, -0.1) is 0 Å². The van der Waals surface area contributed by atoms with Crippen molar-refractivity contribution >= 4 is 11.8 Å². The van der Waals surface area contributed by atoms with E-state index in [1.165, 1.54) is 31.2 Å². The molecular formula is C17H25NO2S. The largest absolute Gasteiger partial charge is 0.497 e. The van der Waals surface area contributed by atoms with Crippen molar-refractivity contribution in [2.45, 2.75) is 49.4 Å². The van der Waals surface area contributed by atoms with Crippen LogP contribution in [0.4, 0.5) is 0 Å². The predicted octanol–water partition coefficient (Wildman–Crippen LogP) is 3.78. The number of thioether (sulfide) groups is 1. The van der Waals surface area contributed by atoms with E-state index in [4.69, 9.17) is 9.47 Å². The molecule has 0 radical (unpaired) electrons. The number of hydrogen-bond acceptors (Lipinski definition) is 4. The van der Waals surface area contributed by atoms with Gasteiger partial charge in [0.25, 0.3) is 0 Å². The van der Waals surface area contributed by atoms with Crippen LogP contribution in [0.1, 0.15) is 43.7 Å². The third-order valence-electron chi connectivity index (χ3n) is 4.68. The summed E-state index contributed by atoms with van der Waals surface area (Å²) in [5, 5.41) is 4.66. The second kappa shape index (κ2) is 6.93. The lowest BCUT2D eigenvalue weighted by Gasteiger charge is -2.36. The van der Waals surface area contributed by atoms with Gasteiger partial charge in [0.2, 0.25) is 0 Å². The molecule has 3 atom stereocenters. The van der Waals surface area contributed by atoms with Gasteiger partial charge in [-0.2, -0.15) is 11.8 Å². The zero-order valence-electron chi connectivity index (χ0n) is 12.9. The molecule has 1 fully saturated rings. The Morgan fingerprint density at radius 3 is 2.90 bits per heavy atom. The highest BCUT2D eigenvalue weighted by Crippen LogP contribution is 2.37. The lowest BCUT2D eigenvalue weighted by molar-refractivity contribution is 0.234. The molecule has 116 valence electrons.